The van der Waals surface area contributed by atoms with Crippen molar-refractivity contribution in [1.82, 2.24) is 0 Å². The molecule has 3 atom stereocenters. The molecule has 1 fully saturated rings. The highest BCUT2D eigenvalue weighted by molar-refractivity contribution is 6.24. The van der Waals surface area contributed by atoms with E-state index in [4.69, 9.17) is 11.5 Å². The van der Waals surface area contributed by atoms with Crippen LogP contribution in [0.25, 0.3) is 0 Å². The van der Waals surface area contributed by atoms with Crippen LogP contribution < -0.4 is 11.5 Å². The van der Waals surface area contributed by atoms with E-state index in [1.807, 2.05) is 60.7 Å². The summed E-state index contributed by atoms with van der Waals surface area (Å²) in [5.41, 5.74) is 11.8. The standard InChI is InChI=1S/C21H22N2O5/c22-17(12-11-14-7-3-1-4-8-14)19(25)27-28-20(26)21(23)16(18(21)24)13-15-9-5-2-6-10-15/h1-10,16-17H,11-13,22-23H2. The summed E-state index contributed by atoms with van der Waals surface area (Å²) in [4.78, 5) is 45.2. The highest BCUT2D eigenvalue weighted by Gasteiger charge is 2.69. The first-order chi connectivity index (χ1) is 13.4. The average Bonchev–Trinajstić information content (AvgIpc) is 3.25. The van der Waals surface area contributed by atoms with Gasteiger partial charge in [-0.05, 0) is 30.4 Å². The highest BCUT2D eigenvalue weighted by Crippen LogP contribution is 2.40. The summed E-state index contributed by atoms with van der Waals surface area (Å²) in [7, 11) is 0. The Bertz CT molecular complexity index is 856. The lowest BCUT2D eigenvalue weighted by Crippen LogP contribution is -2.41. The minimum Gasteiger partial charge on any atom is -0.318 e. The lowest BCUT2D eigenvalue weighted by atomic mass is 10.1. The lowest BCUT2D eigenvalue weighted by Gasteiger charge is -2.11. The molecule has 0 saturated heterocycles. The smallest absolute Gasteiger partial charge is 0.318 e. The molecule has 7 nitrogen and oxygen atoms in total. The largest absolute Gasteiger partial charge is 0.383 e. The number of carbonyl (C=O) groups excluding carboxylic acids is 3. The van der Waals surface area contributed by atoms with Gasteiger partial charge in [-0.3, -0.25) is 4.79 Å². The first kappa shape index (κ1) is 19.7. The molecule has 0 spiro atoms. The second kappa shape index (κ2) is 8.33. The first-order valence-corrected chi connectivity index (χ1v) is 9.02. The molecule has 1 aliphatic carbocycles. The van der Waals surface area contributed by atoms with E-state index in [0.29, 0.717) is 19.3 Å². The van der Waals surface area contributed by atoms with E-state index in [0.717, 1.165) is 11.1 Å². The molecule has 3 unspecified atom stereocenters. The Labute approximate surface area is 162 Å². The van der Waals surface area contributed by atoms with Gasteiger partial charge >= 0.3 is 11.9 Å². The minimum absolute atomic E-state index is 0.315. The Balaban J connectivity index is 1.46. The lowest BCUT2D eigenvalue weighted by molar-refractivity contribution is -0.261. The van der Waals surface area contributed by atoms with Gasteiger partial charge in [0.2, 0.25) is 0 Å². The number of nitrogens with two attached hydrogens (primary N) is 2. The monoisotopic (exact) mass is 382 g/mol. The maximum Gasteiger partial charge on any atom is 0.383 e. The van der Waals surface area contributed by atoms with Crippen LogP contribution in [0.5, 0.6) is 0 Å². The van der Waals surface area contributed by atoms with Crippen LogP contribution in [0, 0.1) is 5.92 Å². The Kier molecular flexibility index (Phi) is 5.87. The third-order valence-electron chi connectivity index (χ3n) is 4.90. The molecule has 0 heterocycles. The van der Waals surface area contributed by atoms with Crippen molar-refractivity contribution in [2.75, 3.05) is 0 Å². The van der Waals surface area contributed by atoms with Crippen LogP contribution in [0.4, 0.5) is 0 Å². The van der Waals surface area contributed by atoms with Gasteiger partial charge in [-0.25, -0.2) is 19.4 Å². The Morgan fingerprint density at radius 3 is 2.14 bits per heavy atom. The van der Waals surface area contributed by atoms with E-state index < -0.39 is 35.2 Å². The summed E-state index contributed by atoms with van der Waals surface area (Å²) in [6.07, 6.45) is 1.21. The normalized spacial score (nSPS) is 21.6. The molecule has 0 aliphatic heterocycles. The average molecular weight is 382 g/mol. The molecule has 2 aromatic rings. The minimum atomic E-state index is -1.79. The highest BCUT2D eigenvalue weighted by atomic mass is 17.2. The fourth-order valence-corrected chi connectivity index (χ4v) is 3.02. The second-order valence-corrected chi connectivity index (χ2v) is 6.88. The van der Waals surface area contributed by atoms with Crippen LogP contribution in [0.1, 0.15) is 17.5 Å². The quantitative estimate of drug-likeness (QED) is 0.417. The van der Waals surface area contributed by atoms with Crippen molar-refractivity contribution in [3.63, 3.8) is 0 Å². The third-order valence-corrected chi connectivity index (χ3v) is 4.90. The zero-order chi connectivity index (χ0) is 20.1. The van der Waals surface area contributed by atoms with Crippen molar-refractivity contribution in [3.8, 4) is 0 Å². The van der Waals surface area contributed by atoms with E-state index >= 15 is 0 Å². The van der Waals surface area contributed by atoms with Gasteiger partial charge in [0.05, 0.1) is 5.92 Å². The van der Waals surface area contributed by atoms with E-state index in [-0.39, 0.29) is 0 Å². The molecule has 0 amide bonds. The van der Waals surface area contributed by atoms with Crippen LogP contribution in [-0.4, -0.2) is 29.3 Å². The summed E-state index contributed by atoms with van der Waals surface area (Å²) >= 11 is 0. The molecule has 3 rings (SSSR count). The van der Waals surface area contributed by atoms with Gasteiger partial charge in [0.15, 0.2) is 11.3 Å². The number of aryl methyl sites for hydroxylation is 1. The van der Waals surface area contributed by atoms with Crippen molar-refractivity contribution in [1.29, 1.82) is 0 Å². The van der Waals surface area contributed by atoms with E-state index in [2.05, 4.69) is 9.78 Å². The van der Waals surface area contributed by atoms with E-state index in [1.54, 1.807) is 0 Å². The number of hydrogen-bond acceptors (Lipinski definition) is 7. The first-order valence-electron chi connectivity index (χ1n) is 9.02. The third kappa shape index (κ3) is 4.27. The van der Waals surface area contributed by atoms with Crippen molar-refractivity contribution in [3.05, 3.63) is 71.8 Å². The number of carbonyl (C=O) groups is 3. The van der Waals surface area contributed by atoms with Crippen molar-refractivity contribution < 1.29 is 24.2 Å². The summed E-state index contributed by atoms with van der Waals surface area (Å²) in [6.45, 7) is 0. The van der Waals surface area contributed by atoms with Gasteiger partial charge in [0.25, 0.3) is 0 Å². The molecule has 1 saturated carbocycles. The molecule has 7 heteroatoms. The summed E-state index contributed by atoms with van der Waals surface area (Å²) < 4.78 is 0. The van der Waals surface area contributed by atoms with Gasteiger partial charge in [-0.1, -0.05) is 60.7 Å². The van der Waals surface area contributed by atoms with Crippen molar-refractivity contribution in [2.24, 2.45) is 17.4 Å². The molecule has 0 aromatic heterocycles. The predicted molar refractivity (Wildman–Crippen MR) is 100 cm³/mol. The molecule has 0 radical (unpaired) electrons. The second-order valence-electron chi connectivity index (χ2n) is 6.88. The zero-order valence-corrected chi connectivity index (χ0v) is 15.2. The van der Waals surface area contributed by atoms with Crippen molar-refractivity contribution in [2.45, 2.75) is 30.8 Å². The van der Waals surface area contributed by atoms with Crippen LogP contribution in [0.2, 0.25) is 0 Å². The van der Waals surface area contributed by atoms with Gasteiger partial charge in [0.1, 0.15) is 6.04 Å². The van der Waals surface area contributed by atoms with Gasteiger partial charge in [-0.15, -0.1) is 0 Å². The maximum atomic E-state index is 12.2. The maximum absolute atomic E-state index is 12.2. The van der Waals surface area contributed by atoms with Crippen LogP contribution >= 0.6 is 0 Å². The number of benzene rings is 2. The van der Waals surface area contributed by atoms with E-state index in [1.165, 1.54) is 0 Å². The predicted octanol–water partition coefficient (Wildman–Crippen LogP) is 1.09. The van der Waals surface area contributed by atoms with E-state index in [9.17, 15) is 14.4 Å². The number of hydrogen-bond donors (Lipinski definition) is 2. The van der Waals surface area contributed by atoms with Crippen molar-refractivity contribution >= 4 is 17.7 Å². The Hall–Kier alpha value is -3.03. The zero-order valence-electron chi connectivity index (χ0n) is 15.2. The summed E-state index contributed by atoms with van der Waals surface area (Å²) in [5, 5.41) is 0. The van der Waals surface area contributed by atoms with Gasteiger partial charge in [0, 0.05) is 0 Å². The SMILES string of the molecule is NC(CCc1ccccc1)C(=O)OOC(=O)C1(N)C(=O)C1Cc1ccccc1. The Morgan fingerprint density at radius 2 is 1.54 bits per heavy atom. The summed E-state index contributed by atoms with van der Waals surface area (Å²) in [6, 6.07) is 17.7. The number of Topliss-reactive ketones (excluding diaryl/α,β-unsaturated/α-hetero) is 1. The topological polar surface area (TPSA) is 122 Å². The fourth-order valence-electron chi connectivity index (χ4n) is 3.02. The number of rotatable bonds is 7. The molecule has 4 N–H and O–H groups in total. The Morgan fingerprint density at radius 1 is 0.964 bits per heavy atom. The molecule has 1 aliphatic rings. The van der Waals surface area contributed by atoms with Crippen LogP contribution in [0.3, 0.4) is 0 Å². The van der Waals surface area contributed by atoms with Crippen LogP contribution in [-0.2, 0) is 37.0 Å². The molecule has 146 valence electrons. The number of ketones is 1. The van der Waals surface area contributed by atoms with Gasteiger partial charge in [-0.2, -0.15) is 0 Å². The molecular formula is C21H22N2O5. The molecule has 2 aromatic carbocycles. The fraction of sp³-hybridized carbons (Fsp3) is 0.286. The summed E-state index contributed by atoms with van der Waals surface area (Å²) in [5.74, 6) is -3.11. The molecular weight excluding hydrogens is 360 g/mol. The molecule has 0 bridgehead atoms. The molecule has 28 heavy (non-hydrogen) atoms. The van der Waals surface area contributed by atoms with Gasteiger partial charge < -0.3 is 11.5 Å². The van der Waals surface area contributed by atoms with Crippen LogP contribution in [0.15, 0.2) is 60.7 Å².